The first kappa shape index (κ1) is 17.6. The Morgan fingerprint density at radius 1 is 1.38 bits per heavy atom. The number of nitro groups is 1. The highest BCUT2D eigenvalue weighted by molar-refractivity contribution is 7.80. The molecule has 1 unspecified atom stereocenters. The van der Waals surface area contributed by atoms with Gasteiger partial charge in [0.25, 0.3) is 0 Å². The molecular formula is C13H16F3NO3S. The lowest BCUT2D eigenvalue weighted by Crippen LogP contribution is -2.08. The van der Waals surface area contributed by atoms with Crippen LogP contribution in [0.15, 0.2) is 18.2 Å². The molecule has 4 nitrogen and oxygen atoms in total. The zero-order valence-corrected chi connectivity index (χ0v) is 12.3. The van der Waals surface area contributed by atoms with Gasteiger partial charge in [-0.15, -0.1) is 0 Å². The Morgan fingerprint density at radius 2 is 2.05 bits per heavy atom. The molecular weight excluding hydrogens is 307 g/mol. The summed E-state index contributed by atoms with van der Waals surface area (Å²) >= 11 is 4.10. The van der Waals surface area contributed by atoms with Gasteiger partial charge in [-0.2, -0.15) is 25.8 Å². The third kappa shape index (κ3) is 5.45. The first-order valence-electron chi connectivity index (χ1n) is 6.35. The Morgan fingerprint density at radius 3 is 2.57 bits per heavy atom. The molecule has 0 fully saturated rings. The number of ether oxygens (including phenoxy) is 1. The second-order valence-corrected chi connectivity index (χ2v) is 5.14. The molecule has 0 aliphatic rings. The zero-order chi connectivity index (χ0) is 16.0. The van der Waals surface area contributed by atoms with Crippen molar-refractivity contribution in [3.8, 4) is 5.75 Å². The average molecular weight is 323 g/mol. The van der Waals surface area contributed by atoms with Gasteiger partial charge in [0, 0.05) is 6.07 Å². The number of alkyl halides is 3. The molecule has 21 heavy (non-hydrogen) atoms. The van der Waals surface area contributed by atoms with Crippen molar-refractivity contribution >= 4 is 18.3 Å². The number of hydrogen-bond acceptors (Lipinski definition) is 4. The van der Waals surface area contributed by atoms with Crippen LogP contribution in [-0.2, 0) is 6.18 Å². The summed E-state index contributed by atoms with van der Waals surface area (Å²) in [5.74, 6) is 0.906. The Balaban J connectivity index is 2.80. The Labute approximate surface area is 125 Å². The van der Waals surface area contributed by atoms with Crippen LogP contribution < -0.4 is 4.74 Å². The van der Waals surface area contributed by atoms with E-state index >= 15 is 0 Å². The molecule has 0 saturated heterocycles. The van der Waals surface area contributed by atoms with Crippen LogP contribution in [0.2, 0.25) is 0 Å². The van der Waals surface area contributed by atoms with Gasteiger partial charge in [-0.05, 0) is 36.6 Å². The fraction of sp³-hybridized carbons (Fsp3) is 0.538. The van der Waals surface area contributed by atoms with E-state index in [1.807, 2.05) is 6.92 Å². The molecule has 0 radical (unpaired) electrons. The van der Waals surface area contributed by atoms with E-state index in [0.29, 0.717) is 18.4 Å². The first-order valence-corrected chi connectivity index (χ1v) is 6.98. The molecule has 0 heterocycles. The molecule has 0 amide bonds. The maximum atomic E-state index is 12.5. The molecule has 1 aromatic rings. The van der Waals surface area contributed by atoms with Crippen molar-refractivity contribution in [1.29, 1.82) is 0 Å². The molecule has 0 aliphatic carbocycles. The Hall–Kier alpha value is -1.44. The van der Waals surface area contributed by atoms with Crippen LogP contribution in [-0.4, -0.2) is 17.3 Å². The highest BCUT2D eigenvalue weighted by Crippen LogP contribution is 2.36. The zero-order valence-electron chi connectivity index (χ0n) is 11.4. The molecule has 118 valence electrons. The molecule has 0 saturated carbocycles. The van der Waals surface area contributed by atoms with Gasteiger partial charge in [-0.3, -0.25) is 10.1 Å². The molecule has 8 heteroatoms. The van der Waals surface area contributed by atoms with Crippen LogP contribution in [0, 0.1) is 16.0 Å². The lowest BCUT2D eigenvalue weighted by Gasteiger charge is -2.12. The van der Waals surface area contributed by atoms with Crippen molar-refractivity contribution in [3.05, 3.63) is 33.9 Å². The van der Waals surface area contributed by atoms with Crippen LogP contribution in [0.25, 0.3) is 0 Å². The monoisotopic (exact) mass is 323 g/mol. The van der Waals surface area contributed by atoms with Gasteiger partial charge < -0.3 is 4.74 Å². The minimum absolute atomic E-state index is 0.147. The van der Waals surface area contributed by atoms with Gasteiger partial charge in [0.15, 0.2) is 5.75 Å². The van der Waals surface area contributed by atoms with E-state index in [9.17, 15) is 23.3 Å². The van der Waals surface area contributed by atoms with Crippen molar-refractivity contribution in [2.75, 3.05) is 12.4 Å². The largest absolute Gasteiger partial charge is 0.487 e. The average Bonchev–Trinajstić information content (AvgIpc) is 2.37. The van der Waals surface area contributed by atoms with Crippen LogP contribution in [0.4, 0.5) is 18.9 Å². The Kier molecular flexibility index (Phi) is 6.32. The topological polar surface area (TPSA) is 52.4 Å². The molecule has 0 spiro atoms. The second-order valence-electron chi connectivity index (χ2n) is 4.69. The number of nitrogens with zero attached hydrogens (tertiary/aromatic N) is 1. The number of rotatable bonds is 7. The van der Waals surface area contributed by atoms with Crippen molar-refractivity contribution in [2.45, 2.75) is 25.9 Å². The second kappa shape index (κ2) is 7.53. The van der Waals surface area contributed by atoms with Crippen molar-refractivity contribution < 1.29 is 22.8 Å². The summed E-state index contributed by atoms with van der Waals surface area (Å²) in [6.07, 6.45) is -3.09. The summed E-state index contributed by atoms with van der Waals surface area (Å²) in [4.78, 5) is 9.98. The lowest BCUT2D eigenvalue weighted by molar-refractivity contribution is -0.386. The highest BCUT2D eigenvalue weighted by Gasteiger charge is 2.33. The van der Waals surface area contributed by atoms with E-state index in [0.717, 1.165) is 24.3 Å². The number of thiol groups is 1. The molecule has 0 bridgehead atoms. The fourth-order valence-corrected chi connectivity index (χ4v) is 2.13. The number of benzene rings is 1. The lowest BCUT2D eigenvalue weighted by atomic mass is 10.1. The standard InChI is InChI=1S/C13H16F3NO3S/c1-9(5-7-21)4-6-20-12-3-2-10(13(14,15)16)8-11(12)17(18)19/h2-3,8-9,21H,4-7H2,1H3. The quantitative estimate of drug-likeness (QED) is 0.461. The van der Waals surface area contributed by atoms with E-state index in [2.05, 4.69) is 12.6 Å². The third-order valence-corrected chi connectivity index (χ3v) is 3.23. The maximum absolute atomic E-state index is 12.5. The van der Waals surface area contributed by atoms with Crippen LogP contribution in [0.1, 0.15) is 25.3 Å². The summed E-state index contributed by atoms with van der Waals surface area (Å²) < 4.78 is 42.9. The van der Waals surface area contributed by atoms with E-state index in [1.54, 1.807) is 0 Å². The molecule has 0 aromatic heterocycles. The maximum Gasteiger partial charge on any atom is 0.416 e. The SMILES string of the molecule is CC(CCS)CCOc1ccc(C(F)(F)F)cc1[N+](=O)[O-]. The Bertz CT molecular complexity index is 494. The van der Waals surface area contributed by atoms with Gasteiger partial charge in [0.1, 0.15) is 0 Å². The normalized spacial score (nSPS) is 13.0. The number of halogens is 3. The van der Waals surface area contributed by atoms with E-state index in [4.69, 9.17) is 4.74 Å². The summed E-state index contributed by atoms with van der Waals surface area (Å²) in [5, 5.41) is 10.8. The van der Waals surface area contributed by atoms with Crippen LogP contribution in [0.3, 0.4) is 0 Å². The van der Waals surface area contributed by atoms with Crippen molar-refractivity contribution in [2.24, 2.45) is 5.92 Å². The van der Waals surface area contributed by atoms with E-state index in [1.165, 1.54) is 0 Å². The van der Waals surface area contributed by atoms with Gasteiger partial charge in [0.05, 0.1) is 17.1 Å². The molecule has 0 aliphatic heterocycles. The highest BCUT2D eigenvalue weighted by atomic mass is 32.1. The minimum Gasteiger partial charge on any atom is -0.487 e. The summed E-state index contributed by atoms with van der Waals surface area (Å²) in [6, 6.07) is 2.26. The fourth-order valence-electron chi connectivity index (χ4n) is 1.69. The van der Waals surface area contributed by atoms with Crippen LogP contribution in [0.5, 0.6) is 5.75 Å². The van der Waals surface area contributed by atoms with Crippen LogP contribution >= 0.6 is 12.6 Å². The molecule has 1 atom stereocenters. The predicted molar refractivity (Wildman–Crippen MR) is 75.8 cm³/mol. The third-order valence-electron chi connectivity index (χ3n) is 2.97. The number of hydrogen-bond donors (Lipinski definition) is 1. The van der Waals surface area contributed by atoms with Crippen molar-refractivity contribution in [3.63, 3.8) is 0 Å². The first-order chi connectivity index (χ1) is 9.75. The van der Waals surface area contributed by atoms with Gasteiger partial charge in [0.2, 0.25) is 0 Å². The summed E-state index contributed by atoms with van der Waals surface area (Å²) in [6.45, 7) is 2.20. The summed E-state index contributed by atoms with van der Waals surface area (Å²) in [7, 11) is 0. The molecule has 1 rings (SSSR count). The predicted octanol–water partition coefficient (Wildman–Crippen LogP) is 4.34. The summed E-state index contributed by atoms with van der Waals surface area (Å²) in [5.41, 5.74) is -1.74. The molecule has 1 aromatic carbocycles. The van der Waals surface area contributed by atoms with Gasteiger partial charge >= 0.3 is 11.9 Å². The van der Waals surface area contributed by atoms with Gasteiger partial charge in [-0.1, -0.05) is 6.92 Å². The molecule has 0 N–H and O–H groups in total. The van der Waals surface area contributed by atoms with E-state index in [-0.39, 0.29) is 12.4 Å². The van der Waals surface area contributed by atoms with Crippen molar-refractivity contribution in [1.82, 2.24) is 0 Å². The minimum atomic E-state index is -4.62. The van der Waals surface area contributed by atoms with E-state index < -0.39 is 22.4 Å². The number of nitro benzene ring substituents is 1. The smallest absolute Gasteiger partial charge is 0.416 e. The van der Waals surface area contributed by atoms with Gasteiger partial charge in [-0.25, -0.2) is 0 Å².